The molecule has 2 saturated heterocycles. The lowest BCUT2D eigenvalue weighted by molar-refractivity contribution is -0.284. The largest absolute Gasteiger partial charge is 0.460 e. The van der Waals surface area contributed by atoms with Crippen molar-refractivity contribution in [2.75, 3.05) is 20.8 Å². The number of allylic oxidation sites excluding steroid dienone is 6. The van der Waals surface area contributed by atoms with Crippen LogP contribution in [0.3, 0.4) is 0 Å². The Labute approximate surface area is 383 Å². The number of fused-ring (bicyclic) bond motifs is 3. The fourth-order valence-electron chi connectivity index (χ4n) is 9.40. The first-order chi connectivity index (χ1) is 30.1. The maximum atomic E-state index is 14.3. The van der Waals surface area contributed by atoms with Crippen molar-refractivity contribution < 1.29 is 58.6 Å². The van der Waals surface area contributed by atoms with E-state index < -0.39 is 65.7 Å². The number of carbonyl (C=O) groups excluding carboxylic acids is 4. The third-order valence-electron chi connectivity index (χ3n) is 14.1. The van der Waals surface area contributed by atoms with E-state index in [9.17, 15) is 39.6 Å². The lowest BCUT2D eigenvalue weighted by atomic mass is 9.85. The molecule has 15 atom stereocenters. The van der Waals surface area contributed by atoms with Crippen LogP contribution < -0.4 is 0 Å². The van der Waals surface area contributed by atoms with Gasteiger partial charge in [0.05, 0.1) is 30.8 Å². The summed E-state index contributed by atoms with van der Waals surface area (Å²) < 4.78 is 23.8. The van der Waals surface area contributed by atoms with E-state index in [4.69, 9.17) is 18.9 Å². The number of ether oxygens (including phenoxy) is 4. The smallest absolute Gasteiger partial charge is 0.329 e. The molecule has 3 rings (SSSR count). The van der Waals surface area contributed by atoms with Crippen molar-refractivity contribution in [3.05, 3.63) is 47.6 Å². The van der Waals surface area contributed by atoms with Gasteiger partial charge in [0.15, 0.2) is 11.6 Å². The second-order valence-corrected chi connectivity index (χ2v) is 19.6. The summed E-state index contributed by atoms with van der Waals surface area (Å²) in [5.41, 5.74) is 1.22. The molecule has 13 nitrogen and oxygen atoms in total. The minimum Gasteiger partial charge on any atom is -0.460 e. The number of piperidine rings is 1. The Morgan fingerprint density at radius 3 is 2.27 bits per heavy atom. The molecule has 0 spiro atoms. The molecule has 364 valence electrons. The van der Waals surface area contributed by atoms with Gasteiger partial charge in [0, 0.05) is 51.4 Å². The van der Waals surface area contributed by atoms with Crippen molar-refractivity contribution in [2.45, 2.75) is 194 Å². The number of aliphatic hydroxyl groups is 4. The van der Waals surface area contributed by atoms with Gasteiger partial charge in [0.1, 0.15) is 30.1 Å². The lowest BCUT2D eigenvalue weighted by Crippen LogP contribution is -2.55. The zero-order valence-electron chi connectivity index (χ0n) is 40.7. The first-order valence-electron chi connectivity index (χ1n) is 23.9. The Hall–Kier alpha value is -3.04. The summed E-state index contributed by atoms with van der Waals surface area (Å²) in [6, 6.07) is -0.920. The summed E-state index contributed by atoms with van der Waals surface area (Å²) in [5.74, 6) is -5.40. The van der Waals surface area contributed by atoms with Gasteiger partial charge in [-0.2, -0.15) is 0 Å². The van der Waals surface area contributed by atoms with Crippen LogP contribution in [0.2, 0.25) is 0 Å². The highest BCUT2D eigenvalue weighted by molar-refractivity contribution is 5.87. The molecule has 3 aliphatic rings. The molecule has 0 saturated carbocycles. The molecule has 2 bridgehead atoms. The number of carbonyl (C=O) groups is 4. The van der Waals surface area contributed by atoms with Crippen LogP contribution in [0.15, 0.2) is 47.6 Å². The third kappa shape index (κ3) is 16.4. The second-order valence-electron chi connectivity index (χ2n) is 19.6. The molecule has 0 unspecified atom stereocenters. The number of rotatable bonds is 9. The van der Waals surface area contributed by atoms with Crippen molar-refractivity contribution in [2.24, 2.45) is 35.5 Å². The van der Waals surface area contributed by atoms with Crippen molar-refractivity contribution in [3.8, 4) is 0 Å². The fourth-order valence-corrected chi connectivity index (χ4v) is 9.40. The number of nitrogens with zero attached hydrogens (tertiary/aromatic N) is 1. The van der Waals surface area contributed by atoms with E-state index in [0.29, 0.717) is 70.8 Å². The average Bonchev–Trinajstić information content (AvgIpc) is 3.26. The molecule has 1 amide bonds. The van der Waals surface area contributed by atoms with E-state index in [0.717, 1.165) is 5.57 Å². The summed E-state index contributed by atoms with van der Waals surface area (Å²) in [5, 5.41) is 44.6. The third-order valence-corrected chi connectivity index (χ3v) is 14.1. The van der Waals surface area contributed by atoms with E-state index in [1.807, 2.05) is 71.9 Å². The van der Waals surface area contributed by atoms with Crippen LogP contribution in [0, 0.1) is 35.5 Å². The molecule has 4 N–H and O–H groups in total. The van der Waals surface area contributed by atoms with Gasteiger partial charge >= 0.3 is 5.97 Å². The van der Waals surface area contributed by atoms with Crippen molar-refractivity contribution >= 4 is 23.4 Å². The molecule has 0 aromatic carbocycles. The van der Waals surface area contributed by atoms with Crippen LogP contribution in [-0.2, 0) is 38.1 Å². The van der Waals surface area contributed by atoms with E-state index in [1.165, 1.54) is 4.90 Å². The predicted octanol–water partition coefficient (Wildman–Crippen LogP) is 6.98. The van der Waals surface area contributed by atoms with E-state index >= 15 is 0 Å². The van der Waals surface area contributed by atoms with Gasteiger partial charge in [-0.3, -0.25) is 14.4 Å². The quantitative estimate of drug-likeness (QED) is 0.137. The normalized spacial score (nSPS) is 37.5. The molecule has 3 heterocycles. The molecule has 0 aromatic heterocycles. The molecule has 0 radical (unpaired) electrons. The summed E-state index contributed by atoms with van der Waals surface area (Å²) in [6.07, 6.45) is 10.7. The highest BCUT2D eigenvalue weighted by Crippen LogP contribution is 2.38. The maximum Gasteiger partial charge on any atom is 0.329 e. The molecular weight excluding hydrogens is 819 g/mol. The standard InChI is InChI=1S/C51H83NO12/c1-31-17-13-12-14-18-33(3)44(62-11)28-40-22-21-38(8)51(60,64-40)30-46(55)52-24-16-15-19-41(52)50(59)63-45(35(5)25-32(2)20-23-42(53)39(9)61-10)29-43(54)34(4)27-37(7)48(57)49(58)47(56)36(6)26-31/h12-14,17-18,27,31-32,34-36,38-42,44-45,48-49,53,57-58,60H,15-16,19-26,28-30H2,1-11H3/b14-12+,17-13+,33-18+,37-27+/t31-,32+,34-,35-,36-,38-,39-,40+,41+,42-,44+,45+,48-,49+,51+/m1/s1. The first-order valence-corrected chi connectivity index (χ1v) is 23.9. The number of aliphatic hydroxyl groups excluding tert-OH is 3. The lowest BCUT2D eigenvalue weighted by Gasteiger charge is -2.44. The highest BCUT2D eigenvalue weighted by atomic mass is 16.6. The van der Waals surface area contributed by atoms with E-state index in [1.54, 1.807) is 41.1 Å². The van der Waals surface area contributed by atoms with Crippen molar-refractivity contribution in [3.63, 3.8) is 0 Å². The fraction of sp³-hybridized carbons (Fsp3) is 0.765. The number of hydrogen-bond donors (Lipinski definition) is 4. The van der Waals surface area contributed by atoms with Crippen LogP contribution in [0.1, 0.15) is 139 Å². The summed E-state index contributed by atoms with van der Waals surface area (Å²) in [7, 11) is 3.18. The van der Waals surface area contributed by atoms with Gasteiger partial charge in [-0.1, -0.05) is 78.0 Å². The molecule has 0 aliphatic carbocycles. The Bertz CT molecular complexity index is 1640. The van der Waals surface area contributed by atoms with Gasteiger partial charge in [0.25, 0.3) is 0 Å². The molecule has 2 fully saturated rings. The van der Waals surface area contributed by atoms with Crippen LogP contribution in [0.4, 0.5) is 0 Å². The van der Waals surface area contributed by atoms with Crippen LogP contribution in [-0.4, -0.2) is 124 Å². The Balaban J connectivity index is 1.99. The maximum absolute atomic E-state index is 14.3. The number of ketones is 2. The average molecular weight is 902 g/mol. The van der Waals surface area contributed by atoms with Gasteiger partial charge in [-0.25, -0.2) is 4.79 Å². The number of esters is 1. The zero-order chi connectivity index (χ0) is 47.9. The minimum absolute atomic E-state index is 0.00864. The van der Waals surface area contributed by atoms with Crippen molar-refractivity contribution in [1.82, 2.24) is 4.90 Å². The van der Waals surface area contributed by atoms with Crippen LogP contribution in [0.5, 0.6) is 0 Å². The second kappa shape index (κ2) is 26.3. The first kappa shape index (κ1) is 55.3. The molecule has 0 aromatic rings. The summed E-state index contributed by atoms with van der Waals surface area (Å²) in [6.45, 7) is 16.9. The van der Waals surface area contributed by atoms with Gasteiger partial charge in [0.2, 0.25) is 5.91 Å². The molecule has 13 heteroatoms. The predicted molar refractivity (Wildman–Crippen MR) is 247 cm³/mol. The summed E-state index contributed by atoms with van der Waals surface area (Å²) in [4.78, 5) is 57.3. The number of methoxy groups -OCH3 is 2. The Morgan fingerprint density at radius 1 is 0.891 bits per heavy atom. The molecule has 64 heavy (non-hydrogen) atoms. The minimum atomic E-state index is -1.76. The number of amides is 1. The topological polar surface area (TPSA) is 189 Å². The van der Waals surface area contributed by atoms with Crippen LogP contribution >= 0.6 is 0 Å². The van der Waals surface area contributed by atoms with E-state index in [2.05, 4.69) is 0 Å². The Morgan fingerprint density at radius 2 is 1.59 bits per heavy atom. The number of cyclic esters (lactones) is 1. The highest BCUT2D eigenvalue weighted by Gasteiger charge is 2.46. The SMILES string of the molecule is CO[C@H]1C[C@@H]2CC[C@@H](C)[C@](O)(CC(=O)N3CCCC[C@H]3C(=O)O[C@H]([C@H](C)C[C@@H](C)CC[C@@H](O)[C@@H](C)OC)CC(=O)[C@H](C)/C=C(\C)[C@@H](O)[C@@H](O)C(=O)[C@H](C)C[C@H](C)/C=C/C=C/C=C/1C)O2. The molecule has 3 aliphatic heterocycles. The Kier molecular flexibility index (Phi) is 22.8. The number of hydrogen-bond acceptors (Lipinski definition) is 12. The van der Waals surface area contributed by atoms with E-state index in [-0.39, 0.29) is 66.2 Å². The van der Waals surface area contributed by atoms with Crippen molar-refractivity contribution in [1.29, 1.82) is 0 Å². The van der Waals surface area contributed by atoms with Gasteiger partial charge in [-0.15, -0.1) is 0 Å². The van der Waals surface area contributed by atoms with Gasteiger partial charge < -0.3 is 44.3 Å². The summed E-state index contributed by atoms with van der Waals surface area (Å²) >= 11 is 0. The monoisotopic (exact) mass is 902 g/mol. The molecular formula is C51H83NO12. The zero-order valence-corrected chi connectivity index (χ0v) is 40.7. The number of Topliss-reactive ketones (excluding diaryl/α,β-unsaturated/α-hetero) is 2. The van der Waals surface area contributed by atoms with Gasteiger partial charge in [-0.05, 0) is 107 Å². The van der Waals surface area contributed by atoms with Crippen LogP contribution in [0.25, 0.3) is 0 Å².